The topological polar surface area (TPSA) is 50.2 Å². The van der Waals surface area contributed by atoms with E-state index in [2.05, 4.69) is 40.2 Å². The Morgan fingerprint density at radius 2 is 2.33 bits per heavy atom. The lowest BCUT2D eigenvalue weighted by Gasteiger charge is -2.36. The van der Waals surface area contributed by atoms with Crippen molar-refractivity contribution >= 4 is 17.4 Å². The first-order chi connectivity index (χ1) is 11.7. The van der Waals surface area contributed by atoms with Gasteiger partial charge in [0.2, 0.25) is 0 Å². The molecule has 1 aliphatic heterocycles. The van der Waals surface area contributed by atoms with Gasteiger partial charge < -0.3 is 14.8 Å². The Morgan fingerprint density at radius 1 is 1.46 bits per heavy atom. The molecule has 1 saturated heterocycles. The Kier molecular flexibility index (Phi) is 5.56. The van der Waals surface area contributed by atoms with E-state index in [0.717, 1.165) is 44.6 Å². The summed E-state index contributed by atoms with van der Waals surface area (Å²) in [5.41, 5.74) is 0. The molecule has 2 atom stereocenters. The predicted molar refractivity (Wildman–Crippen MR) is 97.1 cm³/mol. The summed E-state index contributed by atoms with van der Waals surface area (Å²) in [7, 11) is 0. The summed E-state index contributed by atoms with van der Waals surface area (Å²) in [5.74, 6) is 1.01. The van der Waals surface area contributed by atoms with Crippen LogP contribution in [0.4, 0.5) is 4.79 Å². The van der Waals surface area contributed by atoms with Crippen molar-refractivity contribution < 1.29 is 4.79 Å². The van der Waals surface area contributed by atoms with Crippen LogP contribution < -0.4 is 5.32 Å². The summed E-state index contributed by atoms with van der Waals surface area (Å²) in [6.45, 7) is 5.91. The zero-order chi connectivity index (χ0) is 16.9. The van der Waals surface area contributed by atoms with E-state index < -0.39 is 0 Å². The van der Waals surface area contributed by atoms with E-state index in [-0.39, 0.29) is 18.1 Å². The number of carbonyl (C=O) groups excluding carboxylic acids is 1. The summed E-state index contributed by atoms with van der Waals surface area (Å²) in [5, 5.41) is 5.29. The van der Waals surface area contributed by atoms with Gasteiger partial charge in [-0.15, -0.1) is 11.3 Å². The highest BCUT2D eigenvalue weighted by atomic mass is 32.1. The second-order valence-electron chi connectivity index (χ2n) is 6.20. The fourth-order valence-electron chi connectivity index (χ4n) is 3.42. The van der Waals surface area contributed by atoms with E-state index in [9.17, 15) is 4.79 Å². The molecule has 24 heavy (non-hydrogen) atoms. The third-order valence-corrected chi connectivity index (χ3v) is 5.73. The van der Waals surface area contributed by atoms with Crippen LogP contribution in [0.15, 0.2) is 29.9 Å². The van der Waals surface area contributed by atoms with E-state index in [0.29, 0.717) is 0 Å². The molecule has 2 amide bonds. The second-order valence-corrected chi connectivity index (χ2v) is 7.18. The Bertz CT molecular complexity index is 652. The fourth-order valence-corrected chi connectivity index (χ4v) is 4.29. The second kappa shape index (κ2) is 7.83. The van der Waals surface area contributed by atoms with Crippen LogP contribution >= 0.6 is 11.3 Å². The van der Waals surface area contributed by atoms with Gasteiger partial charge in [-0.2, -0.15) is 0 Å². The highest BCUT2D eigenvalue weighted by Crippen LogP contribution is 2.31. The molecule has 1 fully saturated rings. The molecule has 0 aliphatic carbocycles. The standard InChI is InChI=1S/C18H26N4OS/c1-3-14(16-9-7-13-24-16)20-18(23)22-11-6-5-8-15(22)17-19-10-12-21(17)4-2/h7,9-10,12-15H,3-6,8,11H2,1-2H3,(H,20,23)/t14-,15-/m0/s1. The highest BCUT2D eigenvalue weighted by Gasteiger charge is 2.31. The van der Waals surface area contributed by atoms with Gasteiger partial charge in [-0.1, -0.05) is 13.0 Å². The molecule has 0 aromatic carbocycles. The quantitative estimate of drug-likeness (QED) is 0.875. The molecule has 1 N–H and O–H groups in total. The first-order valence-corrected chi connectivity index (χ1v) is 9.74. The number of urea groups is 1. The number of hydrogen-bond donors (Lipinski definition) is 1. The van der Waals surface area contributed by atoms with Crippen molar-refractivity contribution in [3.05, 3.63) is 40.6 Å². The van der Waals surface area contributed by atoms with E-state index in [1.165, 1.54) is 4.88 Å². The number of amides is 2. The molecule has 2 aromatic heterocycles. The van der Waals surface area contributed by atoms with Crippen LogP contribution in [0, 0.1) is 0 Å². The number of carbonyl (C=O) groups is 1. The van der Waals surface area contributed by atoms with Gasteiger partial charge in [-0.05, 0) is 44.1 Å². The summed E-state index contributed by atoms with van der Waals surface area (Å²) in [4.78, 5) is 20.7. The van der Waals surface area contributed by atoms with Crippen LogP contribution in [-0.2, 0) is 6.54 Å². The van der Waals surface area contributed by atoms with Gasteiger partial charge in [-0.3, -0.25) is 0 Å². The number of rotatable bonds is 5. The highest BCUT2D eigenvalue weighted by molar-refractivity contribution is 7.10. The number of nitrogens with one attached hydrogen (secondary N) is 1. The number of likely N-dealkylation sites (tertiary alicyclic amines) is 1. The van der Waals surface area contributed by atoms with Crippen LogP contribution in [0.3, 0.4) is 0 Å². The van der Waals surface area contributed by atoms with Crippen LogP contribution in [0.1, 0.15) is 62.3 Å². The smallest absolute Gasteiger partial charge is 0.318 e. The van der Waals surface area contributed by atoms with Crippen molar-refractivity contribution in [2.45, 2.75) is 58.2 Å². The number of thiophene rings is 1. The third kappa shape index (κ3) is 3.48. The van der Waals surface area contributed by atoms with Crippen molar-refractivity contribution in [3.8, 4) is 0 Å². The van der Waals surface area contributed by atoms with Gasteiger partial charge in [0.15, 0.2) is 0 Å². The number of nitrogens with zero attached hydrogens (tertiary/aromatic N) is 3. The number of aromatic nitrogens is 2. The molecule has 130 valence electrons. The number of hydrogen-bond acceptors (Lipinski definition) is 3. The Balaban J connectivity index is 1.76. The molecule has 0 saturated carbocycles. The minimum atomic E-state index is 0.0330. The van der Waals surface area contributed by atoms with Crippen molar-refractivity contribution in [3.63, 3.8) is 0 Å². The van der Waals surface area contributed by atoms with Crippen molar-refractivity contribution in [1.29, 1.82) is 0 Å². The maximum atomic E-state index is 13.0. The number of imidazole rings is 1. The van der Waals surface area contributed by atoms with Crippen molar-refractivity contribution in [2.75, 3.05) is 6.54 Å². The van der Waals surface area contributed by atoms with Crippen LogP contribution in [0.2, 0.25) is 0 Å². The lowest BCUT2D eigenvalue weighted by molar-refractivity contribution is 0.142. The van der Waals surface area contributed by atoms with Gasteiger partial charge in [0.25, 0.3) is 0 Å². The fraction of sp³-hybridized carbons (Fsp3) is 0.556. The number of piperidine rings is 1. The zero-order valence-electron chi connectivity index (χ0n) is 14.4. The molecule has 0 radical (unpaired) electrons. The van der Waals surface area contributed by atoms with E-state index in [1.54, 1.807) is 11.3 Å². The summed E-state index contributed by atoms with van der Waals surface area (Å²) in [6.07, 6.45) is 7.93. The Labute approximate surface area is 147 Å². The molecule has 5 nitrogen and oxygen atoms in total. The molecule has 3 rings (SSSR count). The molecule has 2 aromatic rings. The maximum absolute atomic E-state index is 13.0. The van der Waals surface area contributed by atoms with E-state index >= 15 is 0 Å². The van der Waals surface area contributed by atoms with Crippen LogP contribution in [0.5, 0.6) is 0 Å². The van der Waals surface area contributed by atoms with Crippen molar-refractivity contribution in [1.82, 2.24) is 19.8 Å². The van der Waals surface area contributed by atoms with E-state index in [4.69, 9.17) is 0 Å². The normalized spacial score (nSPS) is 19.2. The lowest BCUT2D eigenvalue weighted by atomic mass is 10.0. The molecule has 0 bridgehead atoms. The minimum Gasteiger partial charge on any atom is -0.333 e. The van der Waals surface area contributed by atoms with Crippen LogP contribution in [-0.4, -0.2) is 27.0 Å². The lowest BCUT2D eigenvalue weighted by Crippen LogP contribution is -2.46. The molecule has 3 heterocycles. The summed E-state index contributed by atoms with van der Waals surface area (Å²) < 4.78 is 2.15. The Hall–Kier alpha value is -1.82. The summed E-state index contributed by atoms with van der Waals surface area (Å²) in [6, 6.07) is 4.33. The predicted octanol–water partition coefficient (Wildman–Crippen LogP) is 4.35. The molecule has 0 unspecified atom stereocenters. The molecular formula is C18H26N4OS. The van der Waals surface area contributed by atoms with Gasteiger partial charge in [0.1, 0.15) is 5.82 Å². The molecule has 1 aliphatic rings. The van der Waals surface area contributed by atoms with Gasteiger partial charge in [0, 0.05) is 30.4 Å². The first kappa shape index (κ1) is 17.0. The average molecular weight is 347 g/mol. The number of aryl methyl sites for hydroxylation is 1. The SMILES string of the molecule is CC[C@H](NC(=O)N1CCCC[C@H]1c1nccn1CC)c1cccs1. The van der Waals surface area contributed by atoms with Crippen LogP contribution in [0.25, 0.3) is 0 Å². The first-order valence-electron chi connectivity index (χ1n) is 8.86. The van der Waals surface area contributed by atoms with E-state index in [1.807, 2.05) is 23.4 Å². The van der Waals surface area contributed by atoms with Crippen molar-refractivity contribution in [2.24, 2.45) is 0 Å². The molecule has 6 heteroatoms. The largest absolute Gasteiger partial charge is 0.333 e. The minimum absolute atomic E-state index is 0.0330. The maximum Gasteiger partial charge on any atom is 0.318 e. The summed E-state index contributed by atoms with van der Waals surface area (Å²) >= 11 is 1.70. The van der Waals surface area contributed by atoms with Gasteiger partial charge in [0.05, 0.1) is 12.1 Å². The Morgan fingerprint density at radius 3 is 3.04 bits per heavy atom. The molecular weight excluding hydrogens is 320 g/mol. The van der Waals surface area contributed by atoms with Gasteiger partial charge >= 0.3 is 6.03 Å². The monoisotopic (exact) mass is 346 g/mol. The average Bonchev–Trinajstić information content (AvgIpc) is 3.30. The molecule has 0 spiro atoms. The third-order valence-electron chi connectivity index (χ3n) is 4.74. The zero-order valence-corrected chi connectivity index (χ0v) is 15.3. The van der Waals surface area contributed by atoms with Gasteiger partial charge in [-0.25, -0.2) is 9.78 Å².